The zero-order valence-electron chi connectivity index (χ0n) is 15.5. The Labute approximate surface area is 167 Å². The molecule has 1 N–H and O–H groups in total. The molecule has 0 radical (unpaired) electrons. The molecule has 146 valence electrons. The molecule has 0 spiro atoms. The molecule has 0 unspecified atom stereocenters. The number of nitrogens with zero attached hydrogens (tertiary/aromatic N) is 4. The van der Waals surface area contributed by atoms with E-state index in [1.807, 2.05) is 6.07 Å². The average molecular weight is 391 g/mol. The van der Waals surface area contributed by atoms with Crippen molar-refractivity contribution in [2.45, 2.75) is 18.9 Å². The highest BCUT2D eigenvalue weighted by atomic mass is 19.1. The SMILES string of the molecule is N#Cc1cccc(-c2ccnc(Nc3cncc(F)c3)n2)c1OC1CCOCC1. The van der Waals surface area contributed by atoms with Crippen molar-refractivity contribution in [2.75, 3.05) is 18.5 Å². The molecule has 2 aromatic heterocycles. The van der Waals surface area contributed by atoms with Crippen LogP contribution in [0.1, 0.15) is 18.4 Å². The first-order valence-corrected chi connectivity index (χ1v) is 9.21. The number of anilines is 2. The predicted molar refractivity (Wildman–Crippen MR) is 104 cm³/mol. The summed E-state index contributed by atoms with van der Waals surface area (Å²) in [6.45, 7) is 1.27. The summed E-state index contributed by atoms with van der Waals surface area (Å²) in [6.07, 6.45) is 5.71. The van der Waals surface area contributed by atoms with Crippen molar-refractivity contribution < 1.29 is 13.9 Å². The van der Waals surface area contributed by atoms with E-state index in [2.05, 4.69) is 26.3 Å². The Balaban J connectivity index is 1.66. The summed E-state index contributed by atoms with van der Waals surface area (Å²) in [5.41, 5.74) is 2.16. The highest BCUT2D eigenvalue weighted by Gasteiger charge is 2.20. The summed E-state index contributed by atoms with van der Waals surface area (Å²) in [7, 11) is 0. The molecule has 29 heavy (non-hydrogen) atoms. The number of para-hydroxylation sites is 1. The number of ether oxygens (including phenoxy) is 2. The van der Waals surface area contributed by atoms with E-state index in [1.165, 1.54) is 12.3 Å². The van der Waals surface area contributed by atoms with Crippen molar-refractivity contribution in [2.24, 2.45) is 0 Å². The topological polar surface area (TPSA) is 93.0 Å². The van der Waals surface area contributed by atoms with E-state index >= 15 is 0 Å². The summed E-state index contributed by atoms with van der Waals surface area (Å²) < 4.78 is 25.0. The molecular formula is C21H18FN5O2. The van der Waals surface area contributed by atoms with Crippen LogP contribution in [-0.2, 0) is 4.74 Å². The molecule has 3 heterocycles. The van der Waals surface area contributed by atoms with Crippen LogP contribution in [0.3, 0.4) is 0 Å². The number of aromatic nitrogens is 3. The van der Waals surface area contributed by atoms with Gasteiger partial charge in [0, 0.05) is 30.7 Å². The summed E-state index contributed by atoms with van der Waals surface area (Å²) in [4.78, 5) is 12.5. The molecule has 0 bridgehead atoms. The van der Waals surface area contributed by atoms with Crippen molar-refractivity contribution in [1.29, 1.82) is 5.26 Å². The zero-order chi connectivity index (χ0) is 20.1. The lowest BCUT2D eigenvalue weighted by molar-refractivity contribution is 0.0257. The third-order valence-corrected chi connectivity index (χ3v) is 4.48. The number of benzene rings is 1. The fraction of sp³-hybridized carbons (Fsp3) is 0.238. The van der Waals surface area contributed by atoms with Crippen molar-refractivity contribution in [3.05, 3.63) is 60.3 Å². The van der Waals surface area contributed by atoms with Crippen LogP contribution in [0, 0.1) is 17.1 Å². The number of nitrogens with one attached hydrogen (secondary N) is 1. The van der Waals surface area contributed by atoms with Crippen LogP contribution >= 0.6 is 0 Å². The standard InChI is InChI=1S/C21H18FN5O2/c22-15-10-16(13-24-12-15)26-21-25-7-4-19(27-21)18-3-1-2-14(11-23)20(18)29-17-5-8-28-9-6-17/h1-4,7,10,12-13,17H,5-6,8-9H2,(H,25,26,27). The first-order valence-electron chi connectivity index (χ1n) is 9.21. The van der Waals surface area contributed by atoms with Gasteiger partial charge >= 0.3 is 0 Å². The molecule has 0 saturated carbocycles. The Morgan fingerprint density at radius 1 is 1.21 bits per heavy atom. The largest absolute Gasteiger partial charge is 0.488 e. The summed E-state index contributed by atoms with van der Waals surface area (Å²) in [5.74, 6) is 0.327. The smallest absolute Gasteiger partial charge is 0.227 e. The van der Waals surface area contributed by atoms with E-state index in [9.17, 15) is 9.65 Å². The number of hydrogen-bond donors (Lipinski definition) is 1. The minimum atomic E-state index is -0.458. The number of rotatable bonds is 5. The molecule has 8 heteroatoms. The first-order chi connectivity index (χ1) is 14.2. The molecule has 1 aliphatic rings. The Morgan fingerprint density at radius 3 is 2.86 bits per heavy atom. The third-order valence-electron chi connectivity index (χ3n) is 4.48. The highest BCUT2D eigenvalue weighted by Crippen LogP contribution is 2.34. The quantitative estimate of drug-likeness (QED) is 0.706. The predicted octanol–water partition coefficient (Wildman–Crippen LogP) is 3.85. The van der Waals surface area contributed by atoms with Crippen LogP contribution in [0.4, 0.5) is 16.0 Å². The van der Waals surface area contributed by atoms with Crippen LogP contribution in [0.25, 0.3) is 11.3 Å². The monoisotopic (exact) mass is 391 g/mol. The number of hydrogen-bond acceptors (Lipinski definition) is 7. The second-order valence-corrected chi connectivity index (χ2v) is 6.51. The lowest BCUT2D eigenvalue weighted by atomic mass is 10.1. The van der Waals surface area contributed by atoms with Crippen LogP contribution < -0.4 is 10.1 Å². The molecule has 1 saturated heterocycles. The fourth-order valence-corrected chi connectivity index (χ4v) is 3.09. The number of pyridine rings is 1. The van der Waals surface area contributed by atoms with Gasteiger partial charge < -0.3 is 14.8 Å². The van der Waals surface area contributed by atoms with Crippen LogP contribution in [0.5, 0.6) is 5.75 Å². The van der Waals surface area contributed by atoms with E-state index < -0.39 is 5.82 Å². The Kier molecular flexibility index (Phi) is 5.59. The van der Waals surface area contributed by atoms with Crippen LogP contribution in [0.2, 0.25) is 0 Å². The minimum Gasteiger partial charge on any atom is -0.488 e. The summed E-state index contributed by atoms with van der Waals surface area (Å²) in [5, 5.41) is 12.5. The molecular weight excluding hydrogens is 373 g/mol. The van der Waals surface area contributed by atoms with Gasteiger partial charge in [-0.25, -0.2) is 14.4 Å². The first kappa shape index (κ1) is 18.8. The Bertz CT molecular complexity index is 1050. The van der Waals surface area contributed by atoms with Gasteiger partial charge in [0.2, 0.25) is 5.95 Å². The second-order valence-electron chi connectivity index (χ2n) is 6.51. The maximum absolute atomic E-state index is 13.4. The van der Waals surface area contributed by atoms with E-state index in [-0.39, 0.29) is 12.1 Å². The van der Waals surface area contributed by atoms with Crippen molar-refractivity contribution in [3.8, 4) is 23.1 Å². The number of halogens is 1. The van der Waals surface area contributed by atoms with E-state index in [0.717, 1.165) is 19.0 Å². The summed E-state index contributed by atoms with van der Waals surface area (Å²) in [6, 6.07) is 10.6. The van der Waals surface area contributed by atoms with Gasteiger partial charge in [-0.2, -0.15) is 5.26 Å². The average Bonchev–Trinajstić information content (AvgIpc) is 2.75. The van der Waals surface area contributed by atoms with Gasteiger partial charge in [-0.05, 0) is 18.2 Å². The van der Waals surface area contributed by atoms with Gasteiger partial charge in [-0.15, -0.1) is 0 Å². The van der Waals surface area contributed by atoms with E-state index in [0.29, 0.717) is 41.5 Å². The Hall–Kier alpha value is -3.57. The second kappa shape index (κ2) is 8.63. The number of nitriles is 1. The van der Waals surface area contributed by atoms with Gasteiger partial charge in [0.15, 0.2) is 0 Å². The molecule has 0 amide bonds. The van der Waals surface area contributed by atoms with Crippen molar-refractivity contribution in [3.63, 3.8) is 0 Å². The molecule has 1 aliphatic heterocycles. The lowest BCUT2D eigenvalue weighted by Crippen LogP contribution is -2.26. The lowest BCUT2D eigenvalue weighted by Gasteiger charge is -2.25. The van der Waals surface area contributed by atoms with Gasteiger partial charge in [0.05, 0.1) is 42.6 Å². The van der Waals surface area contributed by atoms with Gasteiger partial charge in [0.25, 0.3) is 0 Å². The van der Waals surface area contributed by atoms with Gasteiger partial charge in [-0.3, -0.25) is 4.98 Å². The molecule has 1 fully saturated rings. The maximum atomic E-state index is 13.4. The minimum absolute atomic E-state index is 0.0187. The zero-order valence-corrected chi connectivity index (χ0v) is 15.5. The molecule has 4 rings (SSSR count). The van der Waals surface area contributed by atoms with Crippen molar-refractivity contribution >= 4 is 11.6 Å². The van der Waals surface area contributed by atoms with Gasteiger partial charge in [0.1, 0.15) is 23.7 Å². The van der Waals surface area contributed by atoms with Gasteiger partial charge in [-0.1, -0.05) is 6.07 Å². The molecule has 3 aromatic rings. The highest BCUT2D eigenvalue weighted by molar-refractivity contribution is 5.72. The third kappa shape index (κ3) is 4.47. The van der Waals surface area contributed by atoms with Crippen molar-refractivity contribution in [1.82, 2.24) is 15.0 Å². The van der Waals surface area contributed by atoms with E-state index in [4.69, 9.17) is 9.47 Å². The van der Waals surface area contributed by atoms with E-state index in [1.54, 1.807) is 24.4 Å². The summed E-state index contributed by atoms with van der Waals surface area (Å²) >= 11 is 0. The van der Waals surface area contributed by atoms with Crippen LogP contribution in [0.15, 0.2) is 48.9 Å². The fourth-order valence-electron chi connectivity index (χ4n) is 3.09. The molecule has 0 atom stereocenters. The van der Waals surface area contributed by atoms with Crippen LogP contribution in [-0.4, -0.2) is 34.3 Å². The molecule has 7 nitrogen and oxygen atoms in total. The Morgan fingerprint density at radius 2 is 2.07 bits per heavy atom. The molecule has 1 aromatic carbocycles. The normalized spacial score (nSPS) is 14.2. The maximum Gasteiger partial charge on any atom is 0.227 e. The molecule has 0 aliphatic carbocycles.